The Balaban J connectivity index is 1.97. The van der Waals surface area contributed by atoms with Crippen LogP contribution >= 0.6 is 11.6 Å². The summed E-state index contributed by atoms with van der Waals surface area (Å²) in [5, 5.41) is 7.00. The molecular weight excluding hydrogens is 367 g/mol. The number of hydrogen-bond donors (Lipinski definition) is 1. The molecule has 1 amide bonds. The number of aromatic nitrogens is 1. The van der Waals surface area contributed by atoms with Gasteiger partial charge in [0.05, 0.1) is 16.6 Å². The summed E-state index contributed by atoms with van der Waals surface area (Å²) in [6.45, 7) is 7.51. The average Bonchev–Trinajstić information content (AvgIpc) is 2.98. The van der Waals surface area contributed by atoms with Crippen molar-refractivity contribution >= 4 is 17.5 Å². The van der Waals surface area contributed by atoms with E-state index in [1.54, 1.807) is 13.0 Å². The van der Waals surface area contributed by atoms with Crippen LogP contribution in [0, 0.1) is 26.6 Å². The highest BCUT2D eigenvalue weighted by atomic mass is 35.5. The van der Waals surface area contributed by atoms with Crippen molar-refractivity contribution in [1.29, 1.82) is 0 Å². The molecule has 0 fully saturated rings. The van der Waals surface area contributed by atoms with E-state index in [1.165, 1.54) is 12.1 Å². The molecule has 2 aromatic carbocycles. The fourth-order valence-electron chi connectivity index (χ4n) is 3.11. The Labute approximate surface area is 162 Å². The second-order valence-corrected chi connectivity index (χ2v) is 7.02. The van der Waals surface area contributed by atoms with Gasteiger partial charge in [0.15, 0.2) is 0 Å². The largest absolute Gasteiger partial charge is 0.360 e. The molecule has 6 heteroatoms. The normalized spacial score (nSPS) is 12.1. The number of hydrogen-bond acceptors (Lipinski definition) is 3. The first kappa shape index (κ1) is 19.1. The van der Waals surface area contributed by atoms with E-state index in [9.17, 15) is 9.18 Å². The van der Waals surface area contributed by atoms with Gasteiger partial charge in [0, 0.05) is 0 Å². The number of aryl methyl sites for hydroxylation is 3. The lowest BCUT2D eigenvalue weighted by atomic mass is 9.99. The Morgan fingerprint density at radius 3 is 2.67 bits per heavy atom. The molecule has 0 bridgehead atoms. The number of carbonyl (C=O) groups excluding carboxylic acids is 1. The summed E-state index contributed by atoms with van der Waals surface area (Å²) in [7, 11) is 0. The van der Waals surface area contributed by atoms with Crippen molar-refractivity contribution in [2.75, 3.05) is 0 Å². The van der Waals surface area contributed by atoms with Crippen molar-refractivity contribution in [3.05, 3.63) is 75.3 Å². The lowest BCUT2D eigenvalue weighted by molar-refractivity contribution is 0.0939. The molecule has 1 aromatic heterocycles. The molecule has 0 aliphatic rings. The van der Waals surface area contributed by atoms with Crippen LogP contribution in [-0.2, 0) is 0 Å². The zero-order valence-electron chi connectivity index (χ0n) is 15.6. The van der Waals surface area contributed by atoms with Crippen LogP contribution in [0.3, 0.4) is 0 Å². The Morgan fingerprint density at radius 1 is 1.22 bits per heavy atom. The summed E-state index contributed by atoms with van der Waals surface area (Å²) in [6.07, 6.45) is 0. The van der Waals surface area contributed by atoms with Gasteiger partial charge in [0.25, 0.3) is 5.91 Å². The van der Waals surface area contributed by atoms with Gasteiger partial charge in [-0.1, -0.05) is 46.6 Å². The van der Waals surface area contributed by atoms with Gasteiger partial charge in [-0.2, -0.15) is 0 Å². The number of carbonyl (C=O) groups is 1. The summed E-state index contributed by atoms with van der Waals surface area (Å²) < 4.78 is 19.5. The van der Waals surface area contributed by atoms with Gasteiger partial charge in [0.2, 0.25) is 0 Å². The Kier molecular flexibility index (Phi) is 5.33. The molecule has 3 aromatic rings. The molecule has 27 heavy (non-hydrogen) atoms. The zero-order valence-corrected chi connectivity index (χ0v) is 16.3. The highest BCUT2D eigenvalue weighted by Crippen LogP contribution is 2.33. The smallest absolute Gasteiger partial charge is 0.257 e. The van der Waals surface area contributed by atoms with Crippen molar-refractivity contribution in [3.8, 4) is 11.3 Å². The van der Waals surface area contributed by atoms with Gasteiger partial charge in [0.1, 0.15) is 22.8 Å². The van der Waals surface area contributed by atoms with Crippen LogP contribution in [0.5, 0.6) is 0 Å². The first-order valence-corrected chi connectivity index (χ1v) is 8.96. The highest BCUT2D eigenvalue weighted by Gasteiger charge is 2.26. The first-order chi connectivity index (χ1) is 12.8. The molecule has 1 N–H and O–H groups in total. The lowest BCUT2D eigenvalue weighted by Crippen LogP contribution is -2.28. The van der Waals surface area contributed by atoms with Crippen LogP contribution in [-0.4, -0.2) is 11.1 Å². The predicted octanol–water partition coefficient (Wildman–Crippen LogP) is 5.55. The van der Waals surface area contributed by atoms with Crippen LogP contribution < -0.4 is 5.32 Å². The average molecular weight is 387 g/mol. The van der Waals surface area contributed by atoms with E-state index in [4.69, 9.17) is 16.1 Å². The molecule has 1 unspecified atom stereocenters. The summed E-state index contributed by atoms with van der Waals surface area (Å²) >= 11 is 6.14. The fourth-order valence-corrected chi connectivity index (χ4v) is 3.36. The highest BCUT2D eigenvalue weighted by molar-refractivity contribution is 6.33. The summed E-state index contributed by atoms with van der Waals surface area (Å²) in [5.41, 5.74) is 3.54. The minimum atomic E-state index is -0.563. The number of halogens is 2. The number of nitrogens with zero attached hydrogens (tertiary/aromatic N) is 1. The third-order valence-corrected chi connectivity index (χ3v) is 4.85. The van der Waals surface area contributed by atoms with E-state index in [-0.39, 0.29) is 27.9 Å². The molecule has 1 atom stereocenters. The third kappa shape index (κ3) is 3.74. The standard InChI is InChI=1S/C21H20ClFN2O2/c1-11-8-9-12(2)15(10-11)13(3)24-21(26)18-14(4)27-25-20(18)19-16(22)6-5-7-17(19)23/h5-10,13H,1-4H3,(H,24,26). The molecule has 0 aliphatic carbocycles. The van der Waals surface area contributed by atoms with E-state index in [0.717, 1.165) is 16.7 Å². The molecule has 0 radical (unpaired) electrons. The van der Waals surface area contributed by atoms with Crippen LogP contribution in [0.4, 0.5) is 4.39 Å². The predicted molar refractivity (Wildman–Crippen MR) is 103 cm³/mol. The Hall–Kier alpha value is -2.66. The monoisotopic (exact) mass is 386 g/mol. The molecule has 3 rings (SSSR count). The fraction of sp³-hybridized carbons (Fsp3) is 0.238. The van der Waals surface area contributed by atoms with Crippen molar-refractivity contribution in [2.24, 2.45) is 0 Å². The number of rotatable bonds is 4. The van der Waals surface area contributed by atoms with Gasteiger partial charge >= 0.3 is 0 Å². The Morgan fingerprint density at radius 2 is 1.96 bits per heavy atom. The molecular formula is C21H20ClFN2O2. The molecule has 0 saturated heterocycles. The summed E-state index contributed by atoms with van der Waals surface area (Å²) in [4.78, 5) is 12.9. The minimum Gasteiger partial charge on any atom is -0.360 e. The second kappa shape index (κ2) is 7.53. The van der Waals surface area contributed by atoms with Crippen LogP contribution in [0.2, 0.25) is 5.02 Å². The summed E-state index contributed by atoms with van der Waals surface area (Å²) in [5.74, 6) is -0.654. The van der Waals surface area contributed by atoms with E-state index in [2.05, 4.69) is 10.5 Å². The van der Waals surface area contributed by atoms with E-state index in [0.29, 0.717) is 5.76 Å². The second-order valence-electron chi connectivity index (χ2n) is 6.61. The molecule has 0 spiro atoms. The minimum absolute atomic E-state index is 0.0561. The third-order valence-electron chi connectivity index (χ3n) is 4.54. The molecule has 0 saturated carbocycles. The van der Waals surface area contributed by atoms with E-state index < -0.39 is 11.7 Å². The van der Waals surface area contributed by atoms with Gasteiger partial charge in [-0.3, -0.25) is 4.79 Å². The van der Waals surface area contributed by atoms with Gasteiger partial charge in [-0.05, 0) is 51.0 Å². The number of benzene rings is 2. The molecule has 140 valence electrons. The van der Waals surface area contributed by atoms with Crippen molar-refractivity contribution in [3.63, 3.8) is 0 Å². The lowest BCUT2D eigenvalue weighted by Gasteiger charge is -2.17. The van der Waals surface area contributed by atoms with Crippen LogP contribution in [0.15, 0.2) is 40.9 Å². The van der Waals surface area contributed by atoms with Gasteiger partial charge in [-0.15, -0.1) is 0 Å². The van der Waals surface area contributed by atoms with Crippen LogP contribution in [0.1, 0.15) is 45.8 Å². The van der Waals surface area contributed by atoms with Crippen molar-refractivity contribution < 1.29 is 13.7 Å². The first-order valence-electron chi connectivity index (χ1n) is 8.58. The number of amides is 1. The summed E-state index contributed by atoms with van der Waals surface area (Å²) in [6, 6.07) is 10.1. The van der Waals surface area contributed by atoms with E-state index in [1.807, 2.05) is 39.0 Å². The maximum atomic E-state index is 14.3. The molecule has 4 nitrogen and oxygen atoms in total. The van der Waals surface area contributed by atoms with Gasteiger partial charge < -0.3 is 9.84 Å². The van der Waals surface area contributed by atoms with Crippen LogP contribution in [0.25, 0.3) is 11.3 Å². The topological polar surface area (TPSA) is 55.1 Å². The maximum Gasteiger partial charge on any atom is 0.257 e. The van der Waals surface area contributed by atoms with Crippen molar-refractivity contribution in [2.45, 2.75) is 33.7 Å². The molecule has 0 aliphatic heterocycles. The molecule has 1 heterocycles. The maximum absolute atomic E-state index is 14.3. The van der Waals surface area contributed by atoms with Gasteiger partial charge in [-0.25, -0.2) is 4.39 Å². The quantitative estimate of drug-likeness (QED) is 0.639. The van der Waals surface area contributed by atoms with Crippen molar-refractivity contribution in [1.82, 2.24) is 10.5 Å². The van der Waals surface area contributed by atoms with E-state index >= 15 is 0 Å². The Bertz CT molecular complexity index is 993. The number of nitrogens with one attached hydrogen (secondary N) is 1. The SMILES string of the molecule is Cc1ccc(C)c(C(C)NC(=O)c2c(-c3c(F)cccc3Cl)noc2C)c1. The zero-order chi connectivity index (χ0) is 19.7.